The van der Waals surface area contributed by atoms with Crippen molar-refractivity contribution in [3.63, 3.8) is 0 Å². The first kappa shape index (κ1) is 12.6. The Balaban J connectivity index is 1.97. The van der Waals surface area contributed by atoms with Gasteiger partial charge in [0.05, 0.1) is 24.3 Å². The number of nitrogens with zero attached hydrogens (tertiary/aromatic N) is 2. The fourth-order valence-corrected chi connectivity index (χ4v) is 2.54. The van der Waals surface area contributed by atoms with E-state index in [1.54, 1.807) is 24.3 Å². The number of primary amides is 1. The fraction of sp³-hybridized carbons (Fsp3) is 0.308. The monoisotopic (exact) mass is 275 g/mol. The van der Waals surface area contributed by atoms with E-state index in [1.165, 1.54) is 4.90 Å². The van der Waals surface area contributed by atoms with Gasteiger partial charge in [-0.15, -0.1) is 0 Å². The number of ether oxygens (including phenoxy) is 1. The van der Waals surface area contributed by atoms with Crippen LogP contribution in [0.5, 0.6) is 0 Å². The highest BCUT2D eigenvalue weighted by atomic mass is 16.5. The highest BCUT2D eigenvalue weighted by molar-refractivity contribution is 6.21. The Labute approximate surface area is 114 Å². The molecule has 1 aromatic rings. The van der Waals surface area contributed by atoms with Crippen molar-refractivity contribution in [2.24, 2.45) is 5.73 Å². The van der Waals surface area contributed by atoms with Gasteiger partial charge in [0.2, 0.25) is 0 Å². The molecule has 20 heavy (non-hydrogen) atoms. The number of benzene rings is 1. The number of carbonyl (C=O) groups excluding carboxylic acids is 3. The Morgan fingerprint density at radius 1 is 1.20 bits per heavy atom. The first-order valence-corrected chi connectivity index (χ1v) is 6.22. The van der Waals surface area contributed by atoms with Crippen molar-refractivity contribution in [1.29, 1.82) is 0 Å². The number of hydrogen-bond donors (Lipinski definition) is 1. The van der Waals surface area contributed by atoms with Gasteiger partial charge in [-0.3, -0.25) is 19.4 Å². The summed E-state index contributed by atoms with van der Waals surface area (Å²) in [7, 11) is 0. The summed E-state index contributed by atoms with van der Waals surface area (Å²) in [6.07, 6.45) is -0.784. The van der Waals surface area contributed by atoms with E-state index in [-0.39, 0.29) is 13.2 Å². The first-order chi connectivity index (χ1) is 9.61. The van der Waals surface area contributed by atoms with Crippen molar-refractivity contribution in [1.82, 2.24) is 9.80 Å². The standard InChI is InChI=1S/C13H13N3O4/c14-13(19)15-5-6-20-7-10(15)16-11(17)8-3-1-2-4-9(8)12(16)18/h1-4,10H,5-7H2,(H2,14,19). The minimum absolute atomic E-state index is 0.0778. The maximum absolute atomic E-state index is 12.3. The minimum atomic E-state index is -0.784. The number of rotatable bonds is 1. The zero-order valence-electron chi connectivity index (χ0n) is 10.6. The van der Waals surface area contributed by atoms with Gasteiger partial charge in [0.25, 0.3) is 11.8 Å². The van der Waals surface area contributed by atoms with Crippen LogP contribution in [0, 0.1) is 0 Å². The second kappa shape index (κ2) is 4.61. The van der Waals surface area contributed by atoms with Gasteiger partial charge in [-0.05, 0) is 12.1 Å². The van der Waals surface area contributed by atoms with E-state index in [0.717, 1.165) is 4.90 Å². The molecule has 7 heteroatoms. The van der Waals surface area contributed by atoms with E-state index >= 15 is 0 Å². The summed E-state index contributed by atoms with van der Waals surface area (Å²) in [5, 5.41) is 0. The molecule has 2 heterocycles. The molecular weight excluding hydrogens is 262 g/mol. The molecule has 1 saturated heterocycles. The van der Waals surface area contributed by atoms with Crippen molar-refractivity contribution in [2.45, 2.75) is 6.17 Å². The van der Waals surface area contributed by atoms with Crippen molar-refractivity contribution in [3.8, 4) is 0 Å². The minimum Gasteiger partial charge on any atom is -0.375 e. The number of carbonyl (C=O) groups is 3. The highest BCUT2D eigenvalue weighted by Crippen LogP contribution is 2.26. The number of hydrogen-bond acceptors (Lipinski definition) is 4. The first-order valence-electron chi connectivity index (χ1n) is 6.22. The number of urea groups is 1. The number of fused-ring (bicyclic) bond motifs is 1. The van der Waals surface area contributed by atoms with Gasteiger partial charge in [0.1, 0.15) is 6.17 Å². The molecule has 1 aromatic carbocycles. The summed E-state index contributed by atoms with van der Waals surface area (Å²) in [5.74, 6) is -0.847. The SMILES string of the molecule is NC(=O)N1CCOCC1N1C(=O)c2ccccc2C1=O. The lowest BCUT2D eigenvalue weighted by atomic mass is 10.1. The molecule has 0 radical (unpaired) electrons. The normalized spacial score (nSPS) is 22.1. The van der Waals surface area contributed by atoms with Crippen LogP contribution < -0.4 is 5.73 Å². The molecule has 2 N–H and O–H groups in total. The molecule has 1 fully saturated rings. The average molecular weight is 275 g/mol. The number of imide groups is 1. The zero-order chi connectivity index (χ0) is 14.3. The summed E-state index contributed by atoms with van der Waals surface area (Å²) in [5.41, 5.74) is 5.98. The average Bonchev–Trinajstić information content (AvgIpc) is 2.71. The molecule has 0 aliphatic carbocycles. The van der Waals surface area contributed by atoms with Gasteiger partial charge in [0.15, 0.2) is 0 Å². The topological polar surface area (TPSA) is 92.9 Å². The summed E-state index contributed by atoms with van der Waals surface area (Å²) < 4.78 is 5.27. The zero-order valence-corrected chi connectivity index (χ0v) is 10.6. The van der Waals surface area contributed by atoms with Gasteiger partial charge in [0, 0.05) is 6.54 Å². The van der Waals surface area contributed by atoms with Crippen LogP contribution >= 0.6 is 0 Å². The van der Waals surface area contributed by atoms with Crippen LogP contribution in [0.2, 0.25) is 0 Å². The van der Waals surface area contributed by atoms with E-state index < -0.39 is 24.0 Å². The number of nitrogens with two attached hydrogens (primary N) is 1. The number of morpholine rings is 1. The molecule has 3 rings (SSSR count). The van der Waals surface area contributed by atoms with Crippen LogP contribution in [0.1, 0.15) is 20.7 Å². The lowest BCUT2D eigenvalue weighted by Crippen LogP contribution is -2.60. The molecule has 2 aliphatic heterocycles. The van der Waals surface area contributed by atoms with Crippen LogP contribution in [-0.4, -0.2) is 53.6 Å². The van der Waals surface area contributed by atoms with Gasteiger partial charge in [-0.1, -0.05) is 12.1 Å². The highest BCUT2D eigenvalue weighted by Gasteiger charge is 2.44. The van der Waals surface area contributed by atoms with Crippen LogP contribution in [0.4, 0.5) is 4.79 Å². The van der Waals surface area contributed by atoms with Crippen LogP contribution in [0.15, 0.2) is 24.3 Å². The van der Waals surface area contributed by atoms with Crippen LogP contribution in [-0.2, 0) is 4.74 Å². The Morgan fingerprint density at radius 3 is 2.35 bits per heavy atom. The summed E-state index contributed by atoms with van der Waals surface area (Å²) >= 11 is 0. The van der Waals surface area contributed by atoms with Crippen molar-refractivity contribution in [2.75, 3.05) is 19.8 Å². The largest absolute Gasteiger partial charge is 0.375 e. The second-order valence-corrected chi connectivity index (χ2v) is 4.61. The lowest BCUT2D eigenvalue weighted by molar-refractivity contribution is -0.0349. The Bertz CT molecular complexity index is 566. The van der Waals surface area contributed by atoms with Gasteiger partial charge in [-0.2, -0.15) is 0 Å². The predicted molar refractivity (Wildman–Crippen MR) is 67.8 cm³/mol. The van der Waals surface area contributed by atoms with Crippen LogP contribution in [0.25, 0.3) is 0 Å². The van der Waals surface area contributed by atoms with Gasteiger partial charge < -0.3 is 10.5 Å². The molecule has 0 saturated carbocycles. The quantitative estimate of drug-likeness (QED) is 0.731. The third-order valence-corrected chi connectivity index (χ3v) is 3.51. The van der Waals surface area contributed by atoms with Crippen molar-refractivity contribution >= 4 is 17.8 Å². The Morgan fingerprint density at radius 2 is 1.80 bits per heavy atom. The third-order valence-electron chi connectivity index (χ3n) is 3.51. The second-order valence-electron chi connectivity index (χ2n) is 4.61. The van der Waals surface area contributed by atoms with Gasteiger partial charge >= 0.3 is 6.03 Å². The van der Waals surface area contributed by atoms with Crippen molar-refractivity contribution in [3.05, 3.63) is 35.4 Å². The van der Waals surface area contributed by atoms with E-state index in [4.69, 9.17) is 10.5 Å². The lowest BCUT2D eigenvalue weighted by Gasteiger charge is -2.38. The summed E-state index contributed by atoms with van der Waals surface area (Å²) in [4.78, 5) is 38.5. The molecule has 0 aromatic heterocycles. The summed E-state index contributed by atoms with van der Waals surface area (Å²) in [6, 6.07) is 5.89. The van der Waals surface area contributed by atoms with Crippen LogP contribution in [0.3, 0.4) is 0 Å². The van der Waals surface area contributed by atoms with E-state index in [1.807, 2.05) is 0 Å². The molecule has 7 nitrogen and oxygen atoms in total. The molecule has 104 valence electrons. The molecule has 4 amide bonds. The Hall–Kier alpha value is -2.41. The molecular formula is C13H13N3O4. The van der Waals surface area contributed by atoms with E-state index in [0.29, 0.717) is 17.7 Å². The van der Waals surface area contributed by atoms with Gasteiger partial charge in [-0.25, -0.2) is 4.79 Å². The summed E-state index contributed by atoms with van der Waals surface area (Å²) in [6.45, 7) is 0.671. The fourth-order valence-electron chi connectivity index (χ4n) is 2.54. The molecule has 1 atom stereocenters. The molecule has 0 spiro atoms. The maximum Gasteiger partial charge on any atom is 0.316 e. The number of amides is 4. The van der Waals surface area contributed by atoms with E-state index in [2.05, 4.69) is 0 Å². The van der Waals surface area contributed by atoms with E-state index in [9.17, 15) is 14.4 Å². The van der Waals surface area contributed by atoms with Crippen molar-refractivity contribution < 1.29 is 19.1 Å². The smallest absolute Gasteiger partial charge is 0.316 e. The molecule has 2 aliphatic rings. The predicted octanol–water partition coefficient (Wildman–Crippen LogP) is 0.0196. The maximum atomic E-state index is 12.3. The molecule has 0 bridgehead atoms. The Kier molecular flexibility index (Phi) is 2.90. The molecule has 1 unspecified atom stereocenters. The third kappa shape index (κ3) is 1.75.